The molecule has 1 aromatic carbocycles. The zero-order valence-corrected chi connectivity index (χ0v) is 13.3. The number of phenolic OH excluding ortho intramolecular Hbond substituents is 1. The molecule has 1 aromatic heterocycles. The van der Waals surface area contributed by atoms with E-state index in [0.717, 1.165) is 0 Å². The van der Waals surface area contributed by atoms with Crippen molar-refractivity contribution in [3.05, 3.63) is 39.9 Å². The van der Waals surface area contributed by atoms with Gasteiger partial charge in [-0.2, -0.15) is 10.5 Å². The average Bonchev–Trinajstić information content (AvgIpc) is 2.54. The van der Waals surface area contributed by atoms with Crippen molar-refractivity contribution in [1.82, 2.24) is 10.3 Å². The summed E-state index contributed by atoms with van der Waals surface area (Å²) in [6.45, 7) is 0. The van der Waals surface area contributed by atoms with E-state index in [0.29, 0.717) is 5.56 Å². The highest BCUT2D eigenvalue weighted by Crippen LogP contribution is 2.45. The van der Waals surface area contributed by atoms with Crippen LogP contribution in [0.2, 0.25) is 5.02 Å². The molecule has 10 heteroatoms. The highest BCUT2D eigenvalue weighted by molar-refractivity contribution is 6.31. The number of aromatic hydroxyl groups is 1. The number of fused-ring (bicyclic) bond motifs is 1. The van der Waals surface area contributed by atoms with Crippen LogP contribution in [0.1, 0.15) is 22.7 Å². The van der Waals surface area contributed by atoms with Gasteiger partial charge in [0.2, 0.25) is 5.96 Å². The molecule has 0 aliphatic carbocycles. The van der Waals surface area contributed by atoms with Gasteiger partial charge in [-0.15, -0.1) is 0 Å². The number of aromatic nitrogens is 1. The fraction of sp³-hybridized carbons (Fsp3) is 0.0667. The first-order valence-electron chi connectivity index (χ1n) is 6.94. The van der Waals surface area contributed by atoms with Crippen molar-refractivity contribution in [2.24, 2.45) is 4.99 Å². The van der Waals surface area contributed by atoms with Gasteiger partial charge in [0, 0.05) is 16.1 Å². The Morgan fingerprint density at radius 3 is 2.68 bits per heavy atom. The second-order valence-corrected chi connectivity index (χ2v) is 5.48. The number of benzene rings is 1. The topological polar surface area (TPSA) is 169 Å². The molecule has 0 spiro atoms. The van der Waals surface area contributed by atoms with Crippen molar-refractivity contribution in [2.45, 2.75) is 6.04 Å². The molecule has 2 heterocycles. The first kappa shape index (κ1) is 16.2. The van der Waals surface area contributed by atoms with E-state index in [1.807, 2.05) is 6.07 Å². The Bertz CT molecular complexity index is 968. The Morgan fingerprint density at radius 2 is 2.04 bits per heavy atom. The number of anilines is 3. The molecule has 124 valence electrons. The third kappa shape index (κ3) is 2.59. The lowest BCUT2D eigenvalue weighted by Gasteiger charge is -2.27. The minimum atomic E-state index is -0.888. The molecule has 0 amide bonds. The van der Waals surface area contributed by atoms with Gasteiger partial charge in [0.05, 0.1) is 5.69 Å². The Hall–Kier alpha value is -3.69. The van der Waals surface area contributed by atoms with Gasteiger partial charge >= 0.3 is 0 Å². The van der Waals surface area contributed by atoms with Gasteiger partial charge < -0.3 is 21.9 Å². The Morgan fingerprint density at radius 1 is 1.28 bits per heavy atom. The van der Waals surface area contributed by atoms with E-state index in [-0.39, 0.29) is 45.2 Å². The molecule has 1 aliphatic heterocycles. The summed E-state index contributed by atoms with van der Waals surface area (Å²) >= 11 is 6.23. The SMILES string of the molecule is N#CNC1=NC(c2c(O)cccc2Cl)c2c(nc(N)c(C#N)c2N)N1. The lowest BCUT2D eigenvalue weighted by atomic mass is 9.94. The second kappa shape index (κ2) is 6.07. The predicted octanol–water partition coefficient (Wildman–Crippen LogP) is 1.42. The number of halogens is 1. The number of aliphatic imine (C=N–C) groups is 1. The minimum absolute atomic E-state index is 0.00369. The number of rotatable bonds is 1. The number of nitriles is 2. The van der Waals surface area contributed by atoms with E-state index in [1.165, 1.54) is 6.07 Å². The molecule has 1 aliphatic rings. The van der Waals surface area contributed by atoms with Crippen LogP contribution in [0, 0.1) is 22.8 Å². The van der Waals surface area contributed by atoms with Crippen molar-refractivity contribution in [3.8, 4) is 18.0 Å². The van der Waals surface area contributed by atoms with Crippen LogP contribution < -0.4 is 22.1 Å². The smallest absolute Gasteiger partial charge is 0.211 e. The molecule has 0 saturated heterocycles. The number of nitrogens with two attached hydrogens (primary N) is 2. The number of pyridine rings is 1. The lowest BCUT2D eigenvalue weighted by Crippen LogP contribution is -2.32. The van der Waals surface area contributed by atoms with E-state index < -0.39 is 6.04 Å². The van der Waals surface area contributed by atoms with E-state index in [1.54, 1.807) is 18.3 Å². The van der Waals surface area contributed by atoms with Gasteiger partial charge in [0.15, 0.2) is 6.19 Å². The van der Waals surface area contributed by atoms with Crippen LogP contribution in [0.25, 0.3) is 0 Å². The summed E-state index contributed by atoms with van der Waals surface area (Å²) in [5.41, 5.74) is 12.5. The molecule has 9 nitrogen and oxygen atoms in total. The highest BCUT2D eigenvalue weighted by Gasteiger charge is 2.32. The summed E-state index contributed by atoms with van der Waals surface area (Å²) in [5.74, 6) is 0.119. The van der Waals surface area contributed by atoms with Crippen molar-refractivity contribution >= 4 is 34.9 Å². The van der Waals surface area contributed by atoms with Crippen molar-refractivity contribution in [3.63, 3.8) is 0 Å². The van der Waals surface area contributed by atoms with Crippen molar-refractivity contribution in [2.75, 3.05) is 16.8 Å². The maximum absolute atomic E-state index is 10.2. The largest absolute Gasteiger partial charge is 0.508 e. The van der Waals surface area contributed by atoms with Gasteiger partial charge in [-0.1, -0.05) is 17.7 Å². The second-order valence-electron chi connectivity index (χ2n) is 5.07. The van der Waals surface area contributed by atoms with Crippen LogP contribution in [0.4, 0.5) is 17.3 Å². The number of nitrogens with zero attached hydrogens (tertiary/aromatic N) is 4. The summed E-state index contributed by atoms with van der Waals surface area (Å²) in [7, 11) is 0. The molecule has 3 rings (SSSR count). The first-order chi connectivity index (χ1) is 12.0. The van der Waals surface area contributed by atoms with Gasteiger partial charge in [0.25, 0.3) is 0 Å². The van der Waals surface area contributed by atoms with Crippen LogP contribution in [0.5, 0.6) is 5.75 Å². The number of hydrogen-bond acceptors (Lipinski definition) is 9. The molecule has 0 bridgehead atoms. The molecular formula is C15H11ClN8O. The number of phenols is 1. The van der Waals surface area contributed by atoms with Gasteiger partial charge in [-0.3, -0.25) is 5.32 Å². The van der Waals surface area contributed by atoms with Gasteiger partial charge in [-0.05, 0) is 12.1 Å². The van der Waals surface area contributed by atoms with Gasteiger partial charge in [-0.25, -0.2) is 9.98 Å². The minimum Gasteiger partial charge on any atom is -0.508 e. The first-order valence-corrected chi connectivity index (χ1v) is 7.32. The van der Waals surface area contributed by atoms with E-state index in [2.05, 4.69) is 20.6 Å². The number of guanidine groups is 1. The van der Waals surface area contributed by atoms with E-state index in [4.69, 9.17) is 28.3 Å². The fourth-order valence-electron chi connectivity index (χ4n) is 2.59. The standard InChI is InChI=1S/C15H11ClN8O/c16-7-2-1-3-8(25)9(7)12-10-11(19)6(4-17)13(20)23-14(10)24-15(22-12)21-5-18/h1-3,12,25H,(H6,19,20,21,22,23,24). The molecule has 25 heavy (non-hydrogen) atoms. The molecule has 1 atom stereocenters. The summed E-state index contributed by atoms with van der Waals surface area (Å²) in [4.78, 5) is 8.45. The normalized spacial score (nSPS) is 15.2. The van der Waals surface area contributed by atoms with Crippen molar-refractivity contribution < 1.29 is 5.11 Å². The van der Waals surface area contributed by atoms with Crippen LogP contribution in [0.15, 0.2) is 23.2 Å². The molecular weight excluding hydrogens is 344 g/mol. The van der Waals surface area contributed by atoms with Crippen LogP contribution in [-0.4, -0.2) is 16.1 Å². The monoisotopic (exact) mass is 354 g/mol. The zero-order chi connectivity index (χ0) is 18.1. The third-order valence-corrected chi connectivity index (χ3v) is 3.99. The molecule has 0 saturated carbocycles. The predicted molar refractivity (Wildman–Crippen MR) is 92.5 cm³/mol. The number of hydrogen-bond donors (Lipinski definition) is 5. The van der Waals surface area contributed by atoms with Crippen LogP contribution >= 0.6 is 11.6 Å². The number of nitrogen functional groups attached to an aromatic ring is 2. The third-order valence-electron chi connectivity index (χ3n) is 3.66. The highest BCUT2D eigenvalue weighted by atomic mass is 35.5. The van der Waals surface area contributed by atoms with Gasteiger partial charge in [0.1, 0.15) is 35.1 Å². The quantitative estimate of drug-likeness (QED) is 0.378. The van der Waals surface area contributed by atoms with Crippen LogP contribution in [0.3, 0.4) is 0 Å². The summed E-state index contributed by atoms with van der Waals surface area (Å²) < 4.78 is 0. The summed E-state index contributed by atoms with van der Waals surface area (Å²) in [6, 6.07) is 5.61. The Labute approximate surface area is 147 Å². The maximum Gasteiger partial charge on any atom is 0.211 e. The zero-order valence-electron chi connectivity index (χ0n) is 12.6. The average molecular weight is 355 g/mol. The molecule has 0 radical (unpaired) electrons. The molecule has 7 N–H and O–H groups in total. The van der Waals surface area contributed by atoms with E-state index in [9.17, 15) is 10.4 Å². The Balaban J connectivity index is 2.32. The number of nitrogens with one attached hydrogen (secondary N) is 2. The summed E-state index contributed by atoms with van der Waals surface area (Å²) in [5, 5.41) is 33.8. The molecule has 0 fully saturated rings. The fourth-order valence-corrected chi connectivity index (χ4v) is 2.86. The maximum atomic E-state index is 10.2. The Kier molecular flexibility index (Phi) is 3.93. The summed E-state index contributed by atoms with van der Waals surface area (Å²) in [6.07, 6.45) is 1.74. The van der Waals surface area contributed by atoms with Crippen LogP contribution in [-0.2, 0) is 0 Å². The van der Waals surface area contributed by atoms with Crippen molar-refractivity contribution in [1.29, 1.82) is 10.5 Å². The van der Waals surface area contributed by atoms with E-state index >= 15 is 0 Å². The molecule has 2 aromatic rings. The molecule has 1 unspecified atom stereocenters. The lowest BCUT2D eigenvalue weighted by molar-refractivity contribution is 0.465.